The predicted octanol–water partition coefficient (Wildman–Crippen LogP) is 2.69. The molecule has 2 N–H and O–H groups in total. The lowest BCUT2D eigenvalue weighted by Gasteiger charge is -2.25. The molecule has 0 spiro atoms. The zero-order valence-electron chi connectivity index (χ0n) is 11.6. The third-order valence-corrected chi connectivity index (χ3v) is 5.03. The average molecular weight is 268 g/mol. The highest BCUT2D eigenvalue weighted by Gasteiger charge is 2.22. The summed E-state index contributed by atoms with van der Waals surface area (Å²) in [7, 11) is 0. The van der Waals surface area contributed by atoms with Crippen LogP contribution in [0.15, 0.2) is 0 Å². The van der Waals surface area contributed by atoms with Crippen molar-refractivity contribution in [1.29, 1.82) is 0 Å². The summed E-state index contributed by atoms with van der Waals surface area (Å²) >= 11 is 1.87. The highest BCUT2D eigenvalue weighted by atomic mass is 32.1. The lowest BCUT2D eigenvalue weighted by molar-refractivity contribution is 0.237. The molecule has 1 heterocycles. The Morgan fingerprint density at radius 2 is 2.11 bits per heavy atom. The highest BCUT2D eigenvalue weighted by Crippen LogP contribution is 2.30. The van der Waals surface area contributed by atoms with Crippen molar-refractivity contribution in [1.82, 2.24) is 10.3 Å². The summed E-state index contributed by atoms with van der Waals surface area (Å²) in [5, 5.41) is 13.9. The zero-order chi connectivity index (χ0) is 13.1. The summed E-state index contributed by atoms with van der Waals surface area (Å²) in [6.07, 6.45) is 4.45. The maximum atomic E-state index is 9.11. The number of aliphatic hydroxyl groups is 1. The van der Waals surface area contributed by atoms with E-state index in [0.29, 0.717) is 18.0 Å². The first-order valence-electron chi connectivity index (χ1n) is 6.97. The van der Waals surface area contributed by atoms with E-state index in [-0.39, 0.29) is 6.61 Å². The number of aromatic nitrogens is 1. The van der Waals surface area contributed by atoms with E-state index in [9.17, 15) is 0 Å². The summed E-state index contributed by atoms with van der Waals surface area (Å²) in [6.45, 7) is 6.82. The molecule has 1 aliphatic carbocycles. The van der Waals surface area contributed by atoms with Crippen LogP contribution in [0.3, 0.4) is 0 Å². The van der Waals surface area contributed by atoms with E-state index in [1.54, 1.807) is 0 Å². The quantitative estimate of drug-likeness (QED) is 0.834. The fraction of sp³-hybridized carbons (Fsp3) is 0.786. The normalized spacial score (nSPS) is 18.1. The van der Waals surface area contributed by atoms with Crippen LogP contribution in [0, 0.1) is 5.92 Å². The molecule has 0 bridgehead atoms. The van der Waals surface area contributed by atoms with Gasteiger partial charge in [-0.2, -0.15) is 0 Å². The molecule has 2 atom stereocenters. The molecule has 0 aromatic carbocycles. The minimum atomic E-state index is 0.247. The van der Waals surface area contributed by atoms with E-state index in [4.69, 9.17) is 10.1 Å². The standard InChI is InChI=1S/C14H24N2OS/c1-9(2)11(7-8-17)15-10(3)14-16-12-5-4-6-13(12)18-14/h9-11,15,17H,4-8H2,1-3H3. The van der Waals surface area contributed by atoms with Crippen molar-refractivity contribution in [3.63, 3.8) is 0 Å². The van der Waals surface area contributed by atoms with Crippen LogP contribution in [0.1, 0.15) is 55.2 Å². The summed E-state index contributed by atoms with van der Waals surface area (Å²) in [5.41, 5.74) is 1.33. The fourth-order valence-electron chi connectivity index (χ4n) is 2.54. The Kier molecular flexibility index (Phi) is 4.76. The van der Waals surface area contributed by atoms with Gasteiger partial charge in [0, 0.05) is 17.5 Å². The summed E-state index contributed by atoms with van der Waals surface area (Å²) < 4.78 is 0. The van der Waals surface area contributed by atoms with Gasteiger partial charge in [0.15, 0.2) is 0 Å². The number of nitrogens with one attached hydrogen (secondary N) is 1. The Morgan fingerprint density at radius 3 is 2.72 bits per heavy atom. The van der Waals surface area contributed by atoms with E-state index in [2.05, 4.69) is 26.1 Å². The minimum absolute atomic E-state index is 0.247. The lowest BCUT2D eigenvalue weighted by Crippen LogP contribution is -2.36. The Balaban J connectivity index is 1.99. The van der Waals surface area contributed by atoms with Crippen molar-refractivity contribution in [3.05, 3.63) is 15.6 Å². The van der Waals surface area contributed by atoms with Crippen LogP contribution in [0.2, 0.25) is 0 Å². The van der Waals surface area contributed by atoms with Crippen molar-refractivity contribution >= 4 is 11.3 Å². The highest BCUT2D eigenvalue weighted by molar-refractivity contribution is 7.11. The monoisotopic (exact) mass is 268 g/mol. The van der Waals surface area contributed by atoms with Crippen LogP contribution in [0.25, 0.3) is 0 Å². The third-order valence-electron chi connectivity index (χ3n) is 3.69. The van der Waals surface area contributed by atoms with Gasteiger partial charge in [-0.15, -0.1) is 11.3 Å². The molecular formula is C14H24N2OS. The first kappa shape index (κ1) is 14.0. The summed E-state index contributed by atoms with van der Waals surface area (Å²) in [5.74, 6) is 0.534. The van der Waals surface area contributed by atoms with Crippen molar-refractivity contribution in [2.45, 2.75) is 58.5 Å². The molecule has 0 aliphatic heterocycles. The van der Waals surface area contributed by atoms with Gasteiger partial charge in [-0.1, -0.05) is 13.8 Å². The third kappa shape index (κ3) is 3.11. The Hall–Kier alpha value is -0.450. The molecule has 2 rings (SSSR count). The number of hydrogen-bond acceptors (Lipinski definition) is 4. The summed E-state index contributed by atoms with van der Waals surface area (Å²) in [4.78, 5) is 6.24. The van der Waals surface area contributed by atoms with Crippen LogP contribution in [-0.4, -0.2) is 22.7 Å². The van der Waals surface area contributed by atoms with Gasteiger partial charge in [-0.25, -0.2) is 4.98 Å². The van der Waals surface area contributed by atoms with Gasteiger partial charge in [-0.05, 0) is 38.5 Å². The van der Waals surface area contributed by atoms with Crippen LogP contribution < -0.4 is 5.32 Å². The number of hydrogen-bond donors (Lipinski definition) is 2. The SMILES string of the molecule is CC(NC(CCO)C(C)C)c1nc2c(s1)CCC2. The van der Waals surface area contributed by atoms with Crippen LogP contribution in [0.4, 0.5) is 0 Å². The maximum Gasteiger partial charge on any atom is 0.110 e. The van der Waals surface area contributed by atoms with Crippen molar-refractivity contribution in [2.24, 2.45) is 5.92 Å². The second-order valence-electron chi connectivity index (χ2n) is 5.53. The molecule has 0 saturated carbocycles. The van der Waals surface area contributed by atoms with Crippen molar-refractivity contribution in [3.8, 4) is 0 Å². The number of aryl methyl sites for hydroxylation is 2. The van der Waals surface area contributed by atoms with E-state index >= 15 is 0 Å². The molecule has 1 aromatic rings. The molecule has 0 amide bonds. The van der Waals surface area contributed by atoms with Gasteiger partial charge >= 0.3 is 0 Å². The average Bonchev–Trinajstić information content (AvgIpc) is 2.87. The van der Waals surface area contributed by atoms with Crippen LogP contribution >= 0.6 is 11.3 Å². The van der Waals surface area contributed by atoms with Gasteiger partial charge < -0.3 is 10.4 Å². The first-order chi connectivity index (χ1) is 8.61. The van der Waals surface area contributed by atoms with Gasteiger partial charge in [-0.3, -0.25) is 0 Å². The van der Waals surface area contributed by atoms with Gasteiger partial charge in [0.1, 0.15) is 5.01 Å². The van der Waals surface area contributed by atoms with Gasteiger partial charge in [0.25, 0.3) is 0 Å². The lowest BCUT2D eigenvalue weighted by atomic mass is 10.0. The number of fused-ring (bicyclic) bond motifs is 1. The molecule has 1 aromatic heterocycles. The molecule has 3 nitrogen and oxygen atoms in total. The molecule has 2 unspecified atom stereocenters. The molecule has 1 aliphatic rings. The number of aliphatic hydroxyl groups excluding tert-OH is 1. The predicted molar refractivity (Wildman–Crippen MR) is 76.0 cm³/mol. The molecule has 102 valence electrons. The number of rotatable bonds is 6. The van der Waals surface area contributed by atoms with Gasteiger partial charge in [0.2, 0.25) is 0 Å². The van der Waals surface area contributed by atoms with Gasteiger partial charge in [0.05, 0.1) is 11.7 Å². The number of thiazole rings is 1. The molecular weight excluding hydrogens is 244 g/mol. The fourth-order valence-corrected chi connectivity index (χ4v) is 3.70. The van der Waals surface area contributed by atoms with E-state index < -0.39 is 0 Å². The summed E-state index contributed by atoms with van der Waals surface area (Å²) in [6, 6.07) is 0.656. The minimum Gasteiger partial charge on any atom is -0.396 e. The Bertz CT molecular complexity index is 368. The molecule has 0 radical (unpaired) electrons. The first-order valence-corrected chi connectivity index (χ1v) is 7.78. The molecule has 4 heteroatoms. The second kappa shape index (κ2) is 6.13. The largest absolute Gasteiger partial charge is 0.396 e. The molecule has 0 saturated heterocycles. The molecule has 0 fully saturated rings. The smallest absolute Gasteiger partial charge is 0.110 e. The second-order valence-corrected chi connectivity index (χ2v) is 6.64. The van der Waals surface area contributed by atoms with Crippen molar-refractivity contribution < 1.29 is 5.11 Å². The van der Waals surface area contributed by atoms with Crippen LogP contribution in [-0.2, 0) is 12.8 Å². The van der Waals surface area contributed by atoms with Crippen molar-refractivity contribution in [2.75, 3.05) is 6.61 Å². The van der Waals surface area contributed by atoms with E-state index in [1.807, 2.05) is 11.3 Å². The topological polar surface area (TPSA) is 45.1 Å². The van der Waals surface area contributed by atoms with Crippen LogP contribution in [0.5, 0.6) is 0 Å². The number of nitrogens with zero attached hydrogens (tertiary/aromatic N) is 1. The van der Waals surface area contributed by atoms with E-state index in [1.165, 1.54) is 28.4 Å². The Morgan fingerprint density at radius 1 is 1.33 bits per heavy atom. The van der Waals surface area contributed by atoms with E-state index in [0.717, 1.165) is 12.8 Å². The zero-order valence-corrected chi connectivity index (χ0v) is 12.4. The molecule has 18 heavy (non-hydrogen) atoms. The Labute approximate surface area is 114 Å². The maximum absolute atomic E-state index is 9.11.